The molecule has 188 valence electrons. The lowest BCUT2D eigenvalue weighted by atomic mass is 9.92. The number of alkyl halides is 3. The summed E-state index contributed by atoms with van der Waals surface area (Å²) in [4.78, 5) is 36.8. The van der Waals surface area contributed by atoms with Crippen LogP contribution in [0.15, 0.2) is 35.5 Å². The highest BCUT2D eigenvalue weighted by molar-refractivity contribution is 6.18. The molecule has 0 saturated carbocycles. The first-order chi connectivity index (χ1) is 16.7. The number of rotatable bonds is 8. The van der Waals surface area contributed by atoms with Gasteiger partial charge in [0.25, 0.3) is 0 Å². The number of nitrogens with zero attached hydrogens (tertiary/aromatic N) is 4. The first kappa shape index (κ1) is 24.9. The SMILES string of the molecule is CCN(CC)C(=O)CCC(=O)N[C@@H]1C[C@H](C(F)(F)F)CN(c2ccc(C3=NC3)c3ncccc23)C1. The number of nitrogens with one attached hydrogen (secondary N) is 1. The second-order valence-corrected chi connectivity index (χ2v) is 9.00. The maximum atomic E-state index is 13.8. The van der Waals surface area contributed by atoms with Gasteiger partial charge in [0.05, 0.1) is 23.7 Å². The minimum Gasteiger partial charge on any atom is -0.368 e. The largest absolute Gasteiger partial charge is 0.393 e. The number of amides is 2. The van der Waals surface area contributed by atoms with Gasteiger partial charge in [0, 0.05) is 67.9 Å². The molecule has 0 unspecified atom stereocenters. The monoisotopic (exact) mass is 489 g/mol. The Kier molecular flexibility index (Phi) is 7.28. The van der Waals surface area contributed by atoms with Crippen LogP contribution in [0, 0.1) is 5.92 Å². The number of pyridine rings is 1. The number of piperidine rings is 1. The van der Waals surface area contributed by atoms with Crippen molar-refractivity contribution in [2.45, 2.75) is 45.3 Å². The third kappa shape index (κ3) is 5.74. The molecule has 0 aliphatic carbocycles. The predicted octanol–water partition coefficient (Wildman–Crippen LogP) is 3.56. The van der Waals surface area contributed by atoms with Crippen molar-refractivity contribution in [3.8, 4) is 0 Å². The Morgan fingerprint density at radius 3 is 2.54 bits per heavy atom. The molecule has 7 nitrogen and oxygen atoms in total. The van der Waals surface area contributed by atoms with Crippen LogP contribution in [0.1, 0.15) is 38.7 Å². The molecule has 1 fully saturated rings. The van der Waals surface area contributed by atoms with E-state index >= 15 is 0 Å². The van der Waals surface area contributed by atoms with E-state index in [1.165, 1.54) is 0 Å². The van der Waals surface area contributed by atoms with E-state index in [0.29, 0.717) is 30.8 Å². The summed E-state index contributed by atoms with van der Waals surface area (Å²) in [5.74, 6) is -2.13. The van der Waals surface area contributed by atoms with E-state index in [1.807, 2.05) is 32.0 Å². The Labute approximate surface area is 202 Å². The number of fused-ring (bicyclic) bond motifs is 1. The summed E-state index contributed by atoms with van der Waals surface area (Å²) in [6, 6.07) is 6.61. The summed E-state index contributed by atoms with van der Waals surface area (Å²) < 4.78 is 41.5. The van der Waals surface area contributed by atoms with Crippen molar-refractivity contribution < 1.29 is 22.8 Å². The van der Waals surface area contributed by atoms with E-state index in [1.54, 1.807) is 22.1 Å². The first-order valence-corrected chi connectivity index (χ1v) is 12.0. The van der Waals surface area contributed by atoms with Crippen molar-refractivity contribution in [1.29, 1.82) is 0 Å². The molecule has 0 bridgehead atoms. The third-order valence-electron chi connectivity index (χ3n) is 6.68. The normalized spacial score (nSPS) is 19.9. The van der Waals surface area contributed by atoms with E-state index in [4.69, 9.17) is 0 Å². The third-order valence-corrected chi connectivity index (χ3v) is 6.68. The van der Waals surface area contributed by atoms with Crippen LogP contribution >= 0.6 is 0 Å². The quantitative estimate of drug-likeness (QED) is 0.615. The van der Waals surface area contributed by atoms with Gasteiger partial charge >= 0.3 is 6.18 Å². The summed E-state index contributed by atoms with van der Waals surface area (Å²) in [5.41, 5.74) is 3.21. The van der Waals surface area contributed by atoms with Gasteiger partial charge in [-0.2, -0.15) is 13.2 Å². The van der Waals surface area contributed by atoms with Gasteiger partial charge in [-0.25, -0.2) is 0 Å². The van der Waals surface area contributed by atoms with Crippen molar-refractivity contribution >= 4 is 34.1 Å². The molecule has 1 N–H and O–H groups in total. The Bertz CT molecular complexity index is 1130. The molecular formula is C25H30F3N5O2. The molecule has 2 aliphatic heterocycles. The second kappa shape index (κ2) is 10.2. The van der Waals surface area contributed by atoms with Crippen molar-refractivity contribution in [3.63, 3.8) is 0 Å². The van der Waals surface area contributed by atoms with E-state index in [2.05, 4.69) is 15.3 Å². The van der Waals surface area contributed by atoms with E-state index in [-0.39, 0.29) is 38.3 Å². The van der Waals surface area contributed by atoms with Crippen LogP contribution in [0.5, 0.6) is 0 Å². The predicted molar refractivity (Wildman–Crippen MR) is 129 cm³/mol. The molecule has 2 aromatic rings. The van der Waals surface area contributed by atoms with Gasteiger partial charge in [-0.3, -0.25) is 19.6 Å². The second-order valence-electron chi connectivity index (χ2n) is 9.00. The van der Waals surface area contributed by atoms with Crippen LogP contribution in [-0.4, -0.2) is 72.4 Å². The molecule has 1 aromatic carbocycles. The molecule has 2 atom stereocenters. The van der Waals surface area contributed by atoms with E-state index < -0.39 is 24.0 Å². The molecule has 10 heteroatoms. The highest BCUT2D eigenvalue weighted by Gasteiger charge is 2.45. The van der Waals surface area contributed by atoms with Gasteiger partial charge in [-0.15, -0.1) is 0 Å². The highest BCUT2D eigenvalue weighted by atomic mass is 19.4. The summed E-state index contributed by atoms with van der Waals surface area (Å²) >= 11 is 0. The van der Waals surface area contributed by atoms with Crippen molar-refractivity contribution in [2.24, 2.45) is 10.9 Å². The molecule has 2 aliphatic rings. The van der Waals surface area contributed by atoms with Crippen LogP contribution in [0.25, 0.3) is 10.9 Å². The number of hydrogen-bond donors (Lipinski definition) is 1. The number of carbonyl (C=O) groups is 2. The molecule has 0 spiro atoms. The molecule has 1 saturated heterocycles. The lowest BCUT2D eigenvalue weighted by Crippen LogP contribution is -2.54. The van der Waals surface area contributed by atoms with Gasteiger partial charge in [0.1, 0.15) is 0 Å². The number of aromatic nitrogens is 1. The standard InChI is InChI=1S/C25H30F3N5O2/c1-3-32(4-2)23(35)10-9-22(34)31-17-12-16(25(26,27)28)14-33(15-17)21-8-7-18(20-13-30-20)24-19(21)6-5-11-29-24/h5-8,11,16-17H,3-4,9-10,12-15H2,1-2H3,(H,31,34)/t16-,17+/m0/s1. The minimum absolute atomic E-state index is 0.0360. The topological polar surface area (TPSA) is 77.9 Å². The Morgan fingerprint density at radius 2 is 1.89 bits per heavy atom. The van der Waals surface area contributed by atoms with Gasteiger partial charge < -0.3 is 15.1 Å². The van der Waals surface area contributed by atoms with Crippen LogP contribution in [0.3, 0.4) is 0 Å². The number of carbonyl (C=O) groups excluding carboxylic acids is 2. The molecule has 3 heterocycles. The lowest BCUT2D eigenvalue weighted by molar-refractivity contribution is -0.178. The van der Waals surface area contributed by atoms with Crippen molar-refractivity contribution in [2.75, 3.05) is 37.6 Å². The fourth-order valence-electron chi connectivity index (χ4n) is 4.77. The van der Waals surface area contributed by atoms with E-state index in [9.17, 15) is 22.8 Å². The Morgan fingerprint density at radius 1 is 1.14 bits per heavy atom. The zero-order valence-corrected chi connectivity index (χ0v) is 19.9. The number of hydrogen-bond acceptors (Lipinski definition) is 5. The van der Waals surface area contributed by atoms with Crippen LogP contribution < -0.4 is 10.2 Å². The van der Waals surface area contributed by atoms with E-state index in [0.717, 1.165) is 16.7 Å². The first-order valence-electron chi connectivity index (χ1n) is 12.0. The maximum Gasteiger partial charge on any atom is 0.393 e. The summed E-state index contributed by atoms with van der Waals surface area (Å²) in [5, 5.41) is 3.51. The molecule has 4 rings (SSSR count). The summed E-state index contributed by atoms with van der Waals surface area (Å²) in [6.07, 6.45) is -2.94. The number of halogens is 3. The molecule has 0 radical (unpaired) electrons. The van der Waals surface area contributed by atoms with Crippen LogP contribution in [0.2, 0.25) is 0 Å². The average Bonchev–Trinajstić information content (AvgIpc) is 3.67. The number of benzene rings is 1. The molecular weight excluding hydrogens is 459 g/mol. The molecule has 1 aromatic heterocycles. The summed E-state index contributed by atoms with van der Waals surface area (Å²) in [7, 11) is 0. The number of aliphatic imine (C=N–C) groups is 1. The molecule has 2 amide bonds. The van der Waals surface area contributed by atoms with Crippen LogP contribution in [0.4, 0.5) is 18.9 Å². The average molecular weight is 490 g/mol. The Balaban J connectivity index is 1.52. The summed E-state index contributed by atoms with van der Waals surface area (Å²) in [6.45, 7) is 5.52. The Hall–Kier alpha value is -3.17. The van der Waals surface area contributed by atoms with Gasteiger partial charge in [-0.05, 0) is 44.5 Å². The minimum atomic E-state index is -4.39. The fraction of sp³-hybridized carbons (Fsp3) is 0.520. The van der Waals surface area contributed by atoms with Gasteiger partial charge in [0.2, 0.25) is 11.8 Å². The number of anilines is 1. The van der Waals surface area contributed by atoms with Crippen molar-refractivity contribution in [3.05, 3.63) is 36.0 Å². The fourth-order valence-corrected chi connectivity index (χ4v) is 4.77. The lowest BCUT2D eigenvalue weighted by Gasteiger charge is -2.40. The smallest absolute Gasteiger partial charge is 0.368 e. The maximum absolute atomic E-state index is 13.8. The zero-order chi connectivity index (χ0) is 25.2. The van der Waals surface area contributed by atoms with Gasteiger partial charge in [-0.1, -0.05) is 0 Å². The van der Waals surface area contributed by atoms with Crippen molar-refractivity contribution in [1.82, 2.24) is 15.2 Å². The van der Waals surface area contributed by atoms with Crippen LogP contribution in [-0.2, 0) is 9.59 Å². The molecule has 35 heavy (non-hydrogen) atoms. The highest BCUT2D eigenvalue weighted by Crippen LogP contribution is 2.37. The van der Waals surface area contributed by atoms with Gasteiger partial charge in [0.15, 0.2) is 0 Å². The zero-order valence-electron chi connectivity index (χ0n) is 19.9.